The van der Waals surface area contributed by atoms with E-state index in [-0.39, 0.29) is 22.5 Å². The highest BCUT2D eigenvalue weighted by atomic mass is 35.5. The van der Waals surface area contributed by atoms with Gasteiger partial charge in [0.25, 0.3) is 5.91 Å². The molecule has 1 heterocycles. The number of carbonyl (C=O) groups is 1. The van der Waals surface area contributed by atoms with Gasteiger partial charge in [0.05, 0.1) is 37.0 Å². The summed E-state index contributed by atoms with van der Waals surface area (Å²) in [4.78, 5) is 14.8. The van der Waals surface area contributed by atoms with E-state index in [1.165, 1.54) is 12.1 Å². The van der Waals surface area contributed by atoms with Crippen LogP contribution in [0.15, 0.2) is 42.5 Å². The van der Waals surface area contributed by atoms with Crippen LogP contribution in [-0.4, -0.2) is 50.8 Å². The van der Waals surface area contributed by atoms with Gasteiger partial charge >= 0.3 is 0 Å². The summed E-state index contributed by atoms with van der Waals surface area (Å²) in [6.45, 7) is 3.28. The van der Waals surface area contributed by atoms with Crippen molar-refractivity contribution in [3.63, 3.8) is 0 Å². The summed E-state index contributed by atoms with van der Waals surface area (Å²) in [6.07, 6.45) is 0. The van der Waals surface area contributed by atoms with Gasteiger partial charge in [-0.05, 0) is 35.9 Å². The molecule has 1 aliphatic heterocycles. The Hall–Kier alpha value is -2.15. The SMILES string of the molecule is COc1ccc(C(CNC(=O)c2ccc(F)cc2Cl)N2CCOCC2)cc1. The Kier molecular flexibility index (Phi) is 6.66. The van der Waals surface area contributed by atoms with E-state index in [1.807, 2.05) is 24.3 Å². The lowest BCUT2D eigenvalue weighted by Crippen LogP contribution is -2.43. The number of rotatable bonds is 6. The first kappa shape index (κ1) is 19.6. The minimum Gasteiger partial charge on any atom is -0.497 e. The largest absolute Gasteiger partial charge is 0.497 e. The van der Waals surface area contributed by atoms with Crippen molar-refractivity contribution in [2.75, 3.05) is 40.0 Å². The molecular weight excluding hydrogens is 371 g/mol. The average Bonchev–Trinajstić information content (AvgIpc) is 2.69. The first-order valence-electron chi connectivity index (χ1n) is 8.77. The van der Waals surface area contributed by atoms with Crippen molar-refractivity contribution in [3.8, 4) is 5.75 Å². The molecule has 1 atom stereocenters. The third-order valence-electron chi connectivity index (χ3n) is 4.62. The van der Waals surface area contributed by atoms with E-state index in [0.29, 0.717) is 19.8 Å². The summed E-state index contributed by atoms with van der Waals surface area (Å²) in [6, 6.07) is 11.5. The first-order chi connectivity index (χ1) is 13.1. The second-order valence-electron chi connectivity index (χ2n) is 6.27. The topological polar surface area (TPSA) is 50.8 Å². The second kappa shape index (κ2) is 9.17. The maximum atomic E-state index is 13.2. The molecule has 1 aliphatic rings. The molecule has 0 bridgehead atoms. The van der Waals surface area contributed by atoms with Gasteiger partial charge in [0, 0.05) is 19.6 Å². The summed E-state index contributed by atoms with van der Waals surface area (Å²) in [5.74, 6) is -0.0191. The minimum atomic E-state index is -0.471. The first-order valence-corrected chi connectivity index (χ1v) is 9.15. The van der Waals surface area contributed by atoms with Crippen LogP contribution in [0.4, 0.5) is 4.39 Å². The van der Waals surface area contributed by atoms with E-state index in [1.54, 1.807) is 7.11 Å². The zero-order valence-corrected chi connectivity index (χ0v) is 15.8. The van der Waals surface area contributed by atoms with Crippen LogP contribution in [0, 0.1) is 5.82 Å². The summed E-state index contributed by atoms with van der Waals surface area (Å²) in [5.41, 5.74) is 1.33. The van der Waals surface area contributed by atoms with Crippen LogP contribution in [-0.2, 0) is 4.74 Å². The zero-order chi connectivity index (χ0) is 19.2. The number of halogens is 2. The molecule has 3 rings (SSSR count). The Labute approximate surface area is 163 Å². The van der Waals surface area contributed by atoms with Crippen LogP contribution in [0.2, 0.25) is 5.02 Å². The van der Waals surface area contributed by atoms with Crippen LogP contribution < -0.4 is 10.1 Å². The number of nitrogens with zero attached hydrogens (tertiary/aromatic N) is 1. The van der Waals surface area contributed by atoms with Crippen molar-refractivity contribution in [1.82, 2.24) is 10.2 Å². The van der Waals surface area contributed by atoms with E-state index < -0.39 is 5.82 Å². The smallest absolute Gasteiger partial charge is 0.252 e. The van der Waals surface area contributed by atoms with Gasteiger partial charge in [0.15, 0.2) is 0 Å². The molecule has 0 saturated carbocycles. The van der Waals surface area contributed by atoms with Crippen LogP contribution >= 0.6 is 11.6 Å². The standard InChI is InChI=1S/C20H22ClFN2O3/c1-26-16-5-2-14(3-6-16)19(24-8-10-27-11-9-24)13-23-20(25)17-7-4-15(22)12-18(17)21/h2-7,12,19H,8-11,13H2,1H3,(H,23,25). The molecule has 1 amide bonds. The molecule has 1 saturated heterocycles. The van der Waals surface area contributed by atoms with Crippen molar-refractivity contribution in [2.45, 2.75) is 6.04 Å². The van der Waals surface area contributed by atoms with Gasteiger partial charge in [-0.15, -0.1) is 0 Å². The lowest BCUT2D eigenvalue weighted by atomic mass is 10.0. The molecular formula is C20H22ClFN2O3. The van der Waals surface area contributed by atoms with Crippen LogP contribution in [0.5, 0.6) is 5.75 Å². The Balaban J connectivity index is 1.75. The molecule has 1 fully saturated rings. The Bertz CT molecular complexity index is 779. The Morgan fingerprint density at radius 1 is 1.26 bits per heavy atom. The highest BCUT2D eigenvalue weighted by Crippen LogP contribution is 2.24. The fourth-order valence-electron chi connectivity index (χ4n) is 3.13. The number of benzene rings is 2. The summed E-state index contributed by atoms with van der Waals surface area (Å²) in [7, 11) is 1.63. The maximum absolute atomic E-state index is 13.2. The van der Waals surface area contributed by atoms with E-state index in [0.717, 1.165) is 30.5 Å². The highest BCUT2D eigenvalue weighted by Gasteiger charge is 2.24. The Morgan fingerprint density at radius 2 is 1.96 bits per heavy atom. The molecule has 144 valence electrons. The van der Waals surface area contributed by atoms with E-state index >= 15 is 0 Å². The normalized spacial score (nSPS) is 16.0. The van der Waals surface area contributed by atoms with Crippen molar-refractivity contribution in [1.29, 1.82) is 0 Å². The van der Waals surface area contributed by atoms with E-state index in [9.17, 15) is 9.18 Å². The summed E-state index contributed by atoms with van der Waals surface area (Å²) in [5, 5.41) is 3.02. The van der Waals surface area contributed by atoms with E-state index in [4.69, 9.17) is 21.1 Å². The Morgan fingerprint density at radius 3 is 2.59 bits per heavy atom. The van der Waals surface area contributed by atoms with Crippen LogP contribution in [0.3, 0.4) is 0 Å². The van der Waals surface area contributed by atoms with Gasteiger partial charge < -0.3 is 14.8 Å². The molecule has 2 aromatic carbocycles. The van der Waals surface area contributed by atoms with Crippen LogP contribution in [0.25, 0.3) is 0 Å². The second-order valence-corrected chi connectivity index (χ2v) is 6.68. The molecule has 27 heavy (non-hydrogen) atoms. The lowest BCUT2D eigenvalue weighted by molar-refractivity contribution is 0.0162. The third-order valence-corrected chi connectivity index (χ3v) is 4.93. The maximum Gasteiger partial charge on any atom is 0.252 e. The van der Waals surface area contributed by atoms with Crippen molar-refractivity contribution >= 4 is 17.5 Å². The van der Waals surface area contributed by atoms with Gasteiger partial charge in [-0.2, -0.15) is 0 Å². The number of ether oxygens (including phenoxy) is 2. The van der Waals surface area contributed by atoms with Gasteiger partial charge in [0.2, 0.25) is 0 Å². The number of nitrogens with one attached hydrogen (secondary N) is 1. The molecule has 0 spiro atoms. The predicted molar refractivity (Wildman–Crippen MR) is 102 cm³/mol. The molecule has 0 aromatic heterocycles. The molecule has 0 radical (unpaired) electrons. The molecule has 5 nitrogen and oxygen atoms in total. The third kappa shape index (κ3) is 4.97. The summed E-state index contributed by atoms with van der Waals surface area (Å²) >= 11 is 6.00. The molecule has 2 aromatic rings. The molecule has 7 heteroatoms. The number of methoxy groups -OCH3 is 1. The van der Waals surface area contributed by atoms with Gasteiger partial charge in [-0.25, -0.2) is 4.39 Å². The molecule has 0 aliphatic carbocycles. The van der Waals surface area contributed by atoms with Gasteiger partial charge in [-0.1, -0.05) is 23.7 Å². The quantitative estimate of drug-likeness (QED) is 0.819. The number of amides is 1. The summed E-state index contributed by atoms with van der Waals surface area (Å²) < 4.78 is 23.9. The zero-order valence-electron chi connectivity index (χ0n) is 15.1. The number of hydrogen-bond donors (Lipinski definition) is 1. The van der Waals surface area contributed by atoms with Gasteiger partial charge in [-0.3, -0.25) is 9.69 Å². The monoisotopic (exact) mass is 392 g/mol. The highest BCUT2D eigenvalue weighted by molar-refractivity contribution is 6.33. The molecule has 1 N–H and O–H groups in total. The van der Waals surface area contributed by atoms with Crippen molar-refractivity contribution < 1.29 is 18.7 Å². The number of hydrogen-bond acceptors (Lipinski definition) is 4. The van der Waals surface area contributed by atoms with Crippen molar-refractivity contribution in [3.05, 3.63) is 64.4 Å². The number of morpholine rings is 1. The minimum absolute atomic E-state index is 0.0111. The van der Waals surface area contributed by atoms with E-state index in [2.05, 4.69) is 10.2 Å². The lowest BCUT2D eigenvalue weighted by Gasteiger charge is -2.35. The average molecular weight is 393 g/mol. The fraction of sp³-hybridized carbons (Fsp3) is 0.350. The van der Waals surface area contributed by atoms with Crippen LogP contribution in [0.1, 0.15) is 22.0 Å². The fourth-order valence-corrected chi connectivity index (χ4v) is 3.38. The van der Waals surface area contributed by atoms with Gasteiger partial charge in [0.1, 0.15) is 11.6 Å². The predicted octanol–water partition coefficient (Wildman–Crippen LogP) is 3.29. The van der Waals surface area contributed by atoms with Crippen molar-refractivity contribution in [2.24, 2.45) is 0 Å². The molecule has 1 unspecified atom stereocenters. The number of carbonyl (C=O) groups excluding carboxylic acids is 1.